The van der Waals surface area contributed by atoms with Crippen molar-refractivity contribution in [3.8, 4) is 5.75 Å². The molecule has 0 atom stereocenters. The molecule has 0 saturated carbocycles. The summed E-state index contributed by atoms with van der Waals surface area (Å²) in [4.78, 5) is 2.76. The molecular weight excluding hydrogens is 335 g/mol. The zero-order chi connectivity index (χ0) is 17.2. The predicted molar refractivity (Wildman–Crippen MR) is 93.0 cm³/mol. The minimum Gasteiger partial charge on any atom is -0.493 e. The predicted octanol–water partition coefficient (Wildman–Crippen LogP) is 4.09. The highest BCUT2D eigenvalue weighted by Crippen LogP contribution is 2.33. The largest absolute Gasteiger partial charge is 0.493 e. The van der Waals surface area contributed by atoms with Gasteiger partial charge in [0.25, 0.3) is 0 Å². The van der Waals surface area contributed by atoms with Crippen LogP contribution < -0.4 is 4.74 Å². The van der Waals surface area contributed by atoms with Gasteiger partial charge in [-0.1, -0.05) is 18.2 Å². The Kier molecular flexibility index (Phi) is 5.25. The first kappa shape index (κ1) is 17.4. The molecule has 3 rings (SSSR count). The van der Waals surface area contributed by atoms with Crippen LogP contribution in [-0.4, -0.2) is 48.8 Å². The fourth-order valence-electron chi connectivity index (χ4n) is 3.10. The molecule has 1 aliphatic rings. The van der Waals surface area contributed by atoms with Crippen LogP contribution in [-0.2, 0) is 10.9 Å². The second-order valence-corrected chi connectivity index (χ2v) is 8.07. The molecule has 2 nitrogen and oxygen atoms in total. The Balaban J connectivity index is 1.80. The average Bonchev–Trinajstić information content (AvgIpc) is 2.55. The van der Waals surface area contributed by atoms with E-state index in [0.717, 1.165) is 28.0 Å². The van der Waals surface area contributed by atoms with E-state index in [2.05, 4.69) is 12.1 Å². The van der Waals surface area contributed by atoms with Crippen LogP contribution in [0.3, 0.4) is 0 Å². The summed E-state index contributed by atoms with van der Waals surface area (Å²) in [7, 11) is -0.00847. The van der Waals surface area contributed by atoms with E-state index < -0.39 is 12.7 Å². The summed E-state index contributed by atoms with van der Waals surface area (Å²) >= 11 is 0. The normalized spacial score (nSPS) is 17.3. The van der Waals surface area contributed by atoms with Gasteiger partial charge >= 0.3 is 6.18 Å². The SMILES string of the molecule is CCOc1ccc([S+]2CCN(CC(F)(F)F)CC2)c2ccccc12. The van der Waals surface area contributed by atoms with Crippen LogP contribution in [0.5, 0.6) is 5.75 Å². The summed E-state index contributed by atoms with van der Waals surface area (Å²) in [5.41, 5.74) is 0. The number of nitrogens with zero attached hydrogens (tertiary/aromatic N) is 1. The second kappa shape index (κ2) is 7.23. The van der Waals surface area contributed by atoms with Gasteiger partial charge in [-0.25, -0.2) is 0 Å². The lowest BCUT2D eigenvalue weighted by Crippen LogP contribution is -2.44. The Morgan fingerprint density at radius 3 is 2.33 bits per heavy atom. The number of halogens is 3. The first-order valence-corrected chi connectivity index (χ1v) is 9.65. The lowest BCUT2D eigenvalue weighted by atomic mass is 10.1. The monoisotopic (exact) mass is 356 g/mol. The Bertz CT molecular complexity index is 696. The highest BCUT2D eigenvalue weighted by atomic mass is 32.2. The van der Waals surface area contributed by atoms with Crippen molar-refractivity contribution in [2.75, 3.05) is 37.7 Å². The molecule has 130 valence electrons. The Morgan fingerprint density at radius 1 is 1.04 bits per heavy atom. The van der Waals surface area contributed by atoms with Crippen molar-refractivity contribution in [1.82, 2.24) is 4.90 Å². The summed E-state index contributed by atoms with van der Waals surface area (Å²) in [6, 6.07) is 12.2. The number of hydrogen-bond donors (Lipinski definition) is 0. The first-order valence-electron chi connectivity index (χ1n) is 8.09. The maximum atomic E-state index is 12.5. The number of rotatable bonds is 4. The average molecular weight is 356 g/mol. The van der Waals surface area contributed by atoms with Gasteiger partial charge in [-0.2, -0.15) is 13.2 Å². The summed E-state index contributed by atoms with van der Waals surface area (Å²) < 4.78 is 43.3. The Hall–Kier alpha value is -1.40. The Labute approximate surface area is 142 Å². The highest BCUT2D eigenvalue weighted by Gasteiger charge is 2.36. The molecule has 0 unspecified atom stereocenters. The van der Waals surface area contributed by atoms with Crippen molar-refractivity contribution in [2.24, 2.45) is 0 Å². The van der Waals surface area contributed by atoms with Gasteiger partial charge < -0.3 is 4.74 Å². The van der Waals surface area contributed by atoms with Gasteiger partial charge in [-0.15, -0.1) is 0 Å². The van der Waals surface area contributed by atoms with E-state index >= 15 is 0 Å². The molecule has 0 aliphatic carbocycles. The van der Waals surface area contributed by atoms with E-state index in [9.17, 15) is 13.2 Å². The molecule has 0 aromatic heterocycles. The molecule has 0 radical (unpaired) electrons. The molecule has 0 spiro atoms. The van der Waals surface area contributed by atoms with Gasteiger partial charge in [0.2, 0.25) is 0 Å². The van der Waals surface area contributed by atoms with Gasteiger partial charge in [0.1, 0.15) is 17.3 Å². The van der Waals surface area contributed by atoms with Gasteiger partial charge in [-0.05, 0) is 25.1 Å². The summed E-state index contributed by atoms with van der Waals surface area (Å²) in [6.07, 6.45) is -4.11. The third-order valence-electron chi connectivity index (χ3n) is 4.17. The maximum Gasteiger partial charge on any atom is 0.401 e. The molecule has 1 saturated heterocycles. The van der Waals surface area contributed by atoms with Crippen LogP contribution in [0.15, 0.2) is 41.3 Å². The van der Waals surface area contributed by atoms with Gasteiger partial charge in [0, 0.05) is 34.8 Å². The van der Waals surface area contributed by atoms with Crippen LogP contribution in [0.2, 0.25) is 0 Å². The first-order chi connectivity index (χ1) is 11.5. The van der Waals surface area contributed by atoms with E-state index in [0.29, 0.717) is 19.7 Å². The van der Waals surface area contributed by atoms with Gasteiger partial charge in [0.15, 0.2) is 4.90 Å². The van der Waals surface area contributed by atoms with Crippen molar-refractivity contribution >= 4 is 21.7 Å². The van der Waals surface area contributed by atoms with Crippen molar-refractivity contribution in [2.45, 2.75) is 18.0 Å². The second-order valence-electron chi connectivity index (χ2n) is 5.83. The lowest BCUT2D eigenvalue weighted by molar-refractivity contribution is -0.145. The molecule has 1 aliphatic heterocycles. The van der Waals surface area contributed by atoms with Crippen LogP contribution >= 0.6 is 0 Å². The maximum absolute atomic E-state index is 12.5. The molecule has 0 N–H and O–H groups in total. The molecule has 1 heterocycles. The summed E-state index contributed by atoms with van der Waals surface area (Å²) in [5.74, 6) is 2.44. The molecule has 1 fully saturated rings. The summed E-state index contributed by atoms with van der Waals surface area (Å²) in [5, 5.41) is 2.25. The quantitative estimate of drug-likeness (QED) is 0.765. The third-order valence-corrected chi connectivity index (χ3v) is 6.49. The van der Waals surface area contributed by atoms with Gasteiger partial charge in [0.05, 0.1) is 13.2 Å². The fourth-order valence-corrected chi connectivity index (χ4v) is 5.45. The van der Waals surface area contributed by atoms with Crippen LogP contribution in [0.1, 0.15) is 6.92 Å². The summed E-state index contributed by atoms with van der Waals surface area (Å²) in [6.45, 7) is 2.78. The molecule has 0 amide bonds. The molecular formula is C18H21F3NOS+. The molecule has 2 aromatic carbocycles. The number of benzene rings is 2. The van der Waals surface area contributed by atoms with Crippen LogP contribution in [0, 0.1) is 0 Å². The molecule has 6 heteroatoms. The van der Waals surface area contributed by atoms with E-state index in [1.54, 1.807) is 0 Å². The minimum absolute atomic E-state index is 0.00847. The number of hydrogen-bond acceptors (Lipinski definition) is 2. The highest BCUT2D eigenvalue weighted by molar-refractivity contribution is 7.97. The zero-order valence-electron chi connectivity index (χ0n) is 13.6. The van der Waals surface area contributed by atoms with Crippen LogP contribution in [0.25, 0.3) is 10.8 Å². The van der Waals surface area contributed by atoms with Crippen molar-refractivity contribution in [3.63, 3.8) is 0 Å². The number of fused-ring (bicyclic) bond motifs is 1. The van der Waals surface area contributed by atoms with Gasteiger partial charge in [-0.3, -0.25) is 4.90 Å². The van der Waals surface area contributed by atoms with E-state index in [-0.39, 0.29) is 10.9 Å². The van der Waals surface area contributed by atoms with E-state index in [4.69, 9.17) is 4.74 Å². The standard InChI is InChI=1S/C18H21F3NOS/c1-2-23-16-7-8-17(15-6-4-3-5-14(15)16)24-11-9-22(10-12-24)13-18(19,20)21/h3-8H,2,9-13H2,1H3/q+1. The molecule has 24 heavy (non-hydrogen) atoms. The van der Waals surface area contributed by atoms with Crippen molar-refractivity contribution in [1.29, 1.82) is 0 Å². The zero-order valence-corrected chi connectivity index (χ0v) is 14.4. The minimum atomic E-state index is -4.11. The van der Waals surface area contributed by atoms with Crippen molar-refractivity contribution in [3.05, 3.63) is 36.4 Å². The number of ether oxygens (including phenoxy) is 1. The smallest absolute Gasteiger partial charge is 0.401 e. The third kappa shape index (κ3) is 3.98. The Morgan fingerprint density at radius 2 is 1.71 bits per heavy atom. The fraction of sp³-hybridized carbons (Fsp3) is 0.444. The van der Waals surface area contributed by atoms with Crippen LogP contribution in [0.4, 0.5) is 13.2 Å². The number of alkyl halides is 3. The molecule has 2 aromatic rings. The molecule has 0 bridgehead atoms. The van der Waals surface area contributed by atoms with Crippen molar-refractivity contribution < 1.29 is 17.9 Å². The topological polar surface area (TPSA) is 12.5 Å². The van der Waals surface area contributed by atoms with E-state index in [1.165, 1.54) is 9.80 Å². The lowest BCUT2D eigenvalue weighted by Gasteiger charge is -2.27. The van der Waals surface area contributed by atoms with E-state index in [1.807, 2.05) is 31.2 Å².